The van der Waals surface area contributed by atoms with Crippen molar-refractivity contribution in [2.24, 2.45) is 11.7 Å². The Morgan fingerprint density at radius 1 is 1.13 bits per heavy atom. The first kappa shape index (κ1) is 23.0. The van der Waals surface area contributed by atoms with Gasteiger partial charge in [-0.15, -0.1) is 0 Å². The van der Waals surface area contributed by atoms with Crippen molar-refractivity contribution < 1.29 is 19.1 Å². The SMILES string of the molecule is CC(C)[C@H](NC(=O)C1=CC=CN(COC(=O)N[C@@H](C)Cc2ccccc2)C1)C(N)=O. The van der Waals surface area contributed by atoms with Crippen molar-refractivity contribution in [3.8, 4) is 0 Å². The molecule has 8 nitrogen and oxygen atoms in total. The molecule has 0 radical (unpaired) electrons. The standard InChI is InChI=1S/C22H30N4O4/c1-15(2)19(20(23)27)25-21(28)18-10-7-11-26(13-18)14-30-22(29)24-16(3)12-17-8-5-4-6-9-17/h4-11,15-16,19H,12-14H2,1-3H3,(H2,23,27)(H,24,29)(H,25,28)/t16-,19-/m0/s1. The van der Waals surface area contributed by atoms with Crippen LogP contribution in [0.4, 0.5) is 4.79 Å². The molecule has 0 aliphatic carbocycles. The average Bonchev–Trinajstić information content (AvgIpc) is 2.70. The fraction of sp³-hybridized carbons (Fsp3) is 0.409. The molecule has 1 aliphatic rings. The van der Waals surface area contributed by atoms with Crippen LogP contribution < -0.4 is 16.4 Å². The molecule has 8 heteroatoms. The second-order valence-corrected chi connectivity index (χ2v) is 7.67. The van der Waals surface area contributed by atoms with Crippen LogP contribution in [-0.2, 0) is 20.7 Å². The monoisotopic (exact) mass is 414 g/mol. The van der Waals surface area contributed by atoms with Gasteiger partial charge in [0.2, 0.25) is 11.8 Å². The van der Waals surface area contributed by atoms with Crippen molar-refractivity contribution in [2.75, 3.05) is 13.3 Å². The molecule has 0 fully saturated rings. The van der Waals surface area contributed by atoms with E-state index in [1.54, 1.807) is 23.3 Å². The molecule has 0 spiro atoms. The largest absolute Gasteiger partial charge is 0.428 e. The second kappa shape index (κ2) is 11.0. The number of hydrogen-bond donors (Lipinski definition) is 3. The Labute approximate surface area is 177 Å². The van der Waals surface area contributed by atoms with Gasteiger partial charge in [-0.1, -0.05) is 50.3 Å². The Balaban J connectivity index is 1.78. The molecule has 0 saturated heterocycles. The van der Waals surface area contributed by atoms with E-state index in [-0.39, 0.29) is 31.1 Å². The van der Waals surface area contributed by atoms with Gasteiger partial charge in [-0.3, -0.25) is 9.59 Å². The molecule has 0 bridgehead atoms. The van der Waals surface area contributed by atoms with Gasteiger partial charge in [0.1, 0.15) is 6.04 Å². The molecule has 3 amide bonds. The summed E-state index contributed by atoms with van der Waals surface area (Å²) in [7, 11) is 0. The third-order valence-corrected chi connectivity index (χ3v) is 4.63. The van der Waals surface area contributed by atoms with Crippen molar-refractivity contribution in [1.82, 2.24) is 15.5 Å². The highest BCUT2D eigenvalue weighted by molar-refractivity contribution is 5.97. The van der Waals surface area contributed by atoms with Crippen molar-refractivity contribution in [3.63, 3.8) is 0 Å². The quantitative estimate of drug-likeness (QED) is 0.569. The predicted molar refractivity (Wildman–Crippen MR) is 114 cm³/mol. The van der Waals surface area contributed by atoms with Gasteiger partial charge in [0, 0.05) is 17.8 Å². The summed E-state index contributed by atoms with van der Waals surface area (Å²) in [5.41, 5.74) is 6.93. The number of carbonyl (C=O) groups is 3. The van der Waals surface area contributed by atoms with E-state index in [1.165, 1.54) is 0 Å². The zero-order valence-corrected chi connectivity index (χ0v) is 17.6. The number of nitrogens with two attached hydrogens (primary N) is 1. The highest BCUT2D eigenvalue weighted by Crippen LogP contribution is 2.10. The van der Waals surface area contributed by atoms with Gasteiger partial charge in [0.05, 0.1) is 6.54 Å². The van der Waals surface area contributed by atoms with Crippen molar-refractivity contribution in [1.29, 1.82) is 0 Å². The number of benzene rings is 1. The molecular weight excluding hydrogens is 384 g/mol. The normalized spacial score (nSPS) is 15.2. The zero-order valence-electron chi connectivity index (χ0n) is 17.6. The number of rotatable bonds is 9. The van der Waals surface area contributed by atoms with Gasteiger partial charge in [0.25, 0.3) is 0 Å². The minimum Gasteiger partial charge on any atom is -0.428 e. The van der Waals surface area contributed by atoms with E-state index >= 15 is 0 Å². The number of amides is 3. The van der Waals surface area contributed by atoms with Crippen LogP contribution >= 0.6 is 0 Å². The van der Waals surface area contributed by atoms with Gasteiger partial charge in [-0.05, 0) is 30.9 Å². The van der Waals surface area contributed by atoms with Crippen LogP contribution in [0.15, 0.2) is 54.3 Å². The lowest BCUT2D eigenvalue weighted by Gasteiger charge is -2.26. The summed E-state index contributed by atoms with van der Waals surface area (Å²) < 4.78 is 5.27. The van der Waals surface area contributed by atoms with Crippen LogP contribution in [0.1, 0.15) is 26.3 Å². The van der Waals surface area contributed by atoms with Gasteiger partial charge in [0.15, 0.2) is 6.73 Å². The molecule has 162 valence electrons. The minimum atomic E-state index is -0.745. The van der Waals surface area contributed by atoms with Crippen LogP contribution in [0.3, 0.4) is 0 Å². The first-order valence-electron chi connectivity index (χ1n) is 9.95. The van der Waals surface area contributed by atoms with E-state index in [0.29, 0.717) is 12.0 Å². The summed E-state index contributed by atoms with van der Waals surface area (Å²) in [5.74, 6) is -1.07. The molecule has 0 aromatic heterocycles. The summed E-state index contributed by atoms with van der Waals surface area (Å²) >= 11 is 0. The lowest BCUT2D eigenvalue weighted by atomic mass is 10.0. The van der Waals surface area contributed by atoms with Crippen molar-refractivity contribution in [2.45, 2.75) is 39.3 Å². The van der Waals surface area contributed by atoms with E-state index in [0.717, 1.165) is 5.56 Å². The lowest BCUT2D eigenvalue weighted by molar-refractivity contribution is -0.126. The number of alkyl carbamates (subject to hydrolysis) is 1. The number of ether oxygens (including phenoxy) is 1. The fourth-order valence-corrected chi connectivity index (χ4v) is 3.04. The Bertz CT molecular complexity index is 805. The highest BCUT2D eigenvalue weighted by Gasteiger charge is 2.24. The fourth-order valence-electron chi connectivity index (χ4n) is 3.04. The first-order chi connectivity index (χ1) is 14.3. The Morgan fingerprint density at radius 2 is 1.83 bits per heavy atom. The first-order valence-corrected chi connectivity index (χ1v) is 9.95. The van der Waals surface area contributed by atoms with Gasteiger partial charge >= 0.3 is 6.09 Å². The molecule has 1 heterocycles. The molecule has 1 aromatic carbocycles. The molecule has 2 atom stereocenters. The number of hydrogen-bond acceptors (Lipinski definition) is 5. The van der Waals surface area contributed by atoms with Crippen LogP contribution in [0.2, 0.25) is 0 Å². The topological polar surface area (TPSA) is 114 Å². The maximum Gasteiger partial charge on any atom is 0.409 e. The third-order valence-electron chi connectivity index (χ3n) is 4.63. The number of carbonyl (C=O) groups excluding carboxylic acids is 3. The number of nitrogens with zero attached hydrogens (tertiary/aromatic N) is 1. The van der Waals surface area contributed by atoms with Crippen LogP contribution in [0.25, 0.3) is 0 Å². The van der Waals surface area contributed by atoms with Crippen LogP contribution in [0.5, 0.6) is 0 Å². The zero-order chi connectivity index (χ0) is 22.1. The van der Waals surface area contributed by atoms with E-state index in [2.05, 4.69) is 10.6 Å². The van der Waals surface area contributed by atoms with Crippen LogP contribution in [-0.4, -0.2) is 48.2 Å². The second-order valence-electron chi connectivity index (χ2n) is 7.67. The molecule has 1 aromatic rings. The predicted octanol–water partition coefficient (Wildman–Crippen LogP) is 1.68. The lowest BCUT2D eigenvalue weighted by Crippen LogP contribution is -2.49. The molecule has 30 heavy (non-hydrogen) atoms. The van der Waals surface area contributed by atoms with E-state index in [9.17, 15) is 14.4 Å². The summed E-state index contributed by atoms with van der Waals surface area (Å²) in [5, 5.41) is 5.45. The van der Waals surface area contributed by atoms with Crippen molar-refractivity contribution in [3.05, 3.63) is 59.8 Å². The molecule has 1 aliphatic heterocycles. The van der Waals surface area contributed by atoms with Gasteiger partial charge in [-0.2, -0.15) is 0 Å². The van der Waals surface area contributed by atoms with E-state index < -0.39 is 18.0 Å². The van der Waals surface area contributed by atoms with Crippen LogP contribution in [0, 0.1) is 5.92 Å². The Hall–Kier alpha value is -3.29. The van der Waals surface area contributed by atoms with Crippen molar-refractivity contribution >= 4 is 17.9 Å². The highest BCUT2D eigenvalue weighted by atomic mass is 16.6. The number of primary amides is 1. The molecule has 4 N–H and O–H groups in total. The summed E-state index contributed by atoms with van der Waals surface area (Å²) in [4.78, 5) is 37.7. The van der Waals surface area contributed by atoms with E-state index in [1.807, 2.05) is 51.1 Å². The number of allylic oxidation sites excluding steroid dienone is 2. The minimum absolute atomic E-state index is 0.00552. The molecule has 2 rings (SSSR count). The van der Waals surface area contributed by atoms with E-state index in [4.69, 9.17) is 10.5 Å². The molecule has 0 saturated carbocycles. The number of nitrogens with one attached hydrogen (secondary N) is 2. The summed E-state index contributed by atoms with van der Waals surface area (Å²) in [6.07, 6.45) is 5.24. The maximum atomic E-state index is 12.5. The molecule has 0 unspecified atom stereocenters. The third kappa shape index (κ3) is 7.27. The van der Waals surface area contributed by atoms with Gasteiger partial charge < -0.3 is 26.0 Å². The summed E-state index contributed by atoms with van der Waals surface area (Å²) in [6.45, 7) is 5.77. The molecular formula is C22H30N4O4. The average molecular weight is 415 g/mol. The Kier molecular flexibility index (Phi) is 8.46. The Morgan fingerprint density at radius 3 is 2.47 bits per heavy atom. The summed E-state index contributed by atoms with van der Waals surface area (Å²) in [6, 6.07) is 9.04. The smallest absolute Gasteiger partial charge is 0.409 e. The maximum absolute atomic E-state index is 12.5. The van der Waals surface area contributed by atoms with Gasteiger partial charge in [-0.25, -0.2) is 4.79 Å².